The molecule has 3 aliphatic rings. The molecule has 2 amide bonds. The van der Waals surface area contributed by atoms with Crippen LogP contribution in [-0.2, 0) is 25.5 Å². The number of halogens is 1. The van der Waals surface area contributed by atoms with Crippen LogP contribution in [0.25, 0.3) is 0 Å². The van der Waals surface area contributed by atoms with Crippen LogP contribution in [0.1, 0.15) is 24.0 Å². The molecular formula is C32H35ClN2O5S. The number of hydrogen-bond donors (Lipinski definition) is 1. The number of carbonyl (C=O) groups excluding carboxylic acids is 3. The molecule has 1 spiro atoms. The van der Waals surface area contributed by atoms with Gasteiger partial charge in [-0.1, -0.05) is 72.8 Å². The monoisotopic (exact) mass is 594 g/mol. The second-order valence-corrected chi connectivity index (χ2v) is 12.9. The number of para-hydroxylation sites is 1. The molecule has 3 fully saturated rings. The number of aliphatic hydroxyl groups is 1. The number of hydrogen-bond acceptors (Lipinski definition) is 6. The summed E-state index contributed by atoms with van der Waals surface area (Å²) in [6.07, 6.45) is 4.80. The lowest BCUT2D eigenvalue weighted by molar-refractivity contribution is -0.153. The SMILES string of the molecule is C=CCOC(=O)[C@@H]1[C@H]2C(=O)N([C@@H](CO)Cc3ccccc3)C(C(=O)N(CC=C)c3c(C)cccc3Cl)C23CC[C@H]1S3. The van der Waals surface area contributed by atoms with Gasteiger partial charge in [0.1, 0.15) is 12.6 Å². The van der Waals surface area contributed by atoms with Crippen LogP contribution in [-0.4, -0.2) is 69.6 Å². The summed E-state index contributed by atoms with van der Waals surface area (Å²) in [4.78, 5) is 45.8. The quantitative estimate of drug-likeness (QED) is 0.302. The maximum Gasteiger partial charge on any atom is 0.311 e. The summed E-state index contributed by atoms with van der Waals surface area (Å²) in [5, 5.41) is 11.0. The number of rotatable bonds is 11. The van der Waals surface area contributed by atoms with E-state index in [1.807, 2.05) is 49.4 Å². The Labute approximate surface area is 250 Å². The molecule has 0 aromatic heterocycles. The Kier molecular flexibility index (Phi) is 8.64. The number of fused-ring (bicyclic) bond motifs is 1. The molecule has 2 aromatic rings. The van der Waals surface area contributed by atoms with Gasteiger partial charge in [0.2, 0.25) is 5.91 Å². The lowest BCUT2D eigenvalue weighted by Crippen LogP contribution is -2.58. The molecule has 3 aliphatic heterocycles. The molecule has 3 heterocycles. The van der Waals surface area contributed by atoms with Gasteiger partial charge < -0.3 is 19.6 Å². The number of nitrogens with zero attached hydrogens (tertiary/aromatic N) is 2. The molecule has 9 heteroatoms. The van der Waals surface area contributed by atoms with Crippen molar-refractivity contribution in [3.63, 3.8) is 0 Å². The molecule has 0 aliphatic carbocycles. The largest absolute Gasteiger partial charge is 0.461 e. The second-order valence-electron chi connectivity index (χ2n) is 10.9. The zero-order valence-corrected chi connectivity index (χ0v) is 24.7. The molecule has 0 saturated carbocycles. The number of benzene rings is 2. The van der Waals surface area contributed by atoms with Crippen molar-refractivity contribution >= 4 is 46.8 Å². The average Bonchev–Trinajstić information content (AvgIpc) is 3.61. The highest BCUT2D eigenvalue weighted by atomic mass is 35.5. The van der Waals surface area contributed by atoms with Gasteiger partial charge in [-0.05, 0) is 43.4 Å². The molecule has 7 nitrogen and oxygen atoms in total. The Morgan fingerprint density at radius 3 is 2.63 bits per heavy atom. The minimum absolute atomic E-state index is 0.0544. The van der Waals surface area contributed by atoms with Gasteiger partial charge >= 0.3 is 5.97 Å². The van der Waals surface area contributed by atoms with Crippen molar-refractivity contribution in [3.05, 3.63) is 90.0 Å². The van der Waals surface area contributed by atoms with E-state index in [1.165, 1.54) is 6.08 Å². The zero-order chi connectivity index (χ0) is 29.3. The van der Waals surface area contributed by atoms with Crippen LogP contribution in [0.5, 0.6) is 0 Å². The first-order valence-corrected chi connectivity index (χ1v) is 15.1. The number of aliphatic hydroxyl groups excluding tert-OH is 1. The predicted octanol–water partition coefficient (Wildman–Crippen LogP) is 4.59. The van der Waals surface area contributed by atoms with Gasteiger partial charge in [-0.25, -0.2) is 0 Å². The van der Waals surface area contributed by atoms with E-state index in [9.17, 15) is 19.5 Å². The van der Waals surface area contributed by atoms with Crippen LogP contribution in [0.15, 0.2) is 73.8 Å². The molecule has 6 atom stereocenters. The number of carbonyl (C=O) groups is 3. The van der Waals surface area contributed by atoms with E-state index in [1.54, 1.807) is 33.7 Å². The third-order valence-electron chi connectivity index (χ3n) is 8.54. The van der Waals surface area contributed by atoms with Gasteiger partial charge in [-0.2, -0.15) is 0 Å². The van der Waals surface area contributed by atoms with Crippen molar-refractivity contribution in [3.8, 4) is 0 Å². The average molecular weight is 595 g/mol. The van der Waals surface area contributed by atoms with Crippen molar-refractivity contribution < 1.29 is 24.2 Å². The summed E-state index contributed by atoms with van der Waals surface area (Å²) in [5.74, 6) is -2.43. The van der Waals surface area contributed by atoms with Crippen LogP contribution >= 0.6 is 23.4 Å². The van der Waals surface area contributed by atoms with Crippen LogP contribution in [0.4, 0.5) is 5.69 Å². The topological polar surface area (TPSA) is 87.1 Å². The molecule has 3 saturated heterocycles. The van der Waals surface area contributed by atoms with E-state index in [0.717, 1.165) is 11.1 Å². The summed E-state index contributed by atoms with van der Waals surface area (Å²) < 4.78 is 4.63. The molecule has 2 aromatic carbocycles. The highest BCUT2D eigenvalue weighted by Crippen LogP contribution is 2.67. The van der Waals surface area contributed by atoms with Gasteiger partial charge in [0.05, 0.1) is 39.9 Å². The molecule has 41 heavy (non-hydrogen) atoms. The summed E-state index contributed by atoms with van der Waals surface area (Å²) in [5.41, 5.74) is 2.31. The third kappa shape index (κ3) is 5.00. The number of aryl methyl sites for hydroxylation is 1. The minimum atomic E-state index is -0.913. The van der Waals surface area contributed by atoms with Gasteiger partial charge in [0.25, 0.3) is 5.91 Å². The third-order valence-corrected chi connectivity index (χ3v) is 10.8. The van der Waals surface area contributed by atoms with Crippen LogP contribution in [0.2, 0.25) is 5.02 Å². The van der Waals surface area contributed by atoms with Gasteiger partial charge in [0, 0.05) is 11.8 Å². The highest BCUT2D eigenvalue weighted by molar-refractivity contribution is 8.02. The van der Waals surface area contributed by atoms with Crippen molar-refractivity contribution in [1.82, 2.24) is 4.90 Å². The van der Waals surface area contributed by atoms with Crippen molar-refractivity contribution in [1.29, 1.82) is 0 Å². The maximum atomic E-state index is 14.8. The first-order chi connectivity index (χ1) is 19.8. The van der Waals surface area contributed by atoms with Gasteiger partial charge in [-0.3, -0.25) is 14.4 Å². The van der Waals surface area contributed by atoms with E-state index in [2.05, 4.69) is 13.2 Å². The predicted molar refractivity (Wildman–Crippen MR) is 162 cm³/mol. The van der Waals surface area contributed by atoms with Crippen LogP contribution in [0, 0.1) is 18.8 Å². The first-order valence-electron chi connectivity index (χ1n) is 13.9. The normalized spacial score (nSPS) is 26.9. The molecule has 216 valence electrons. The number of likely N-dealkylation sites (tertiary alicyclic amines) is 1. The van der Waals surface area contributed by atoms with Crippen molar-refractivity contribution in [2.24, 2.45) is 11.8 Å². The van der Waals surface area contributed by atoms with Crippen molar-refractivity contribution in [2.45, 2.75) is 48.3 Å². The lowest BCUT2D eigenvalue weighted by atomic mass is 9.71. The Morgan fingerprint density at radius 2 is 1.98 bits per heavy atom. The summed E-state index contributed by atoms with van der Waals surface area (Å²) in [6, 6.07) is 13.5. The van der Waals surface area contributed by atoms with E-state index >= 15 is 0 Å². The zero-order valence-electron chi connectivity index (χ0n) is 23.1. The maximum absolute atomic E-state index is 14.8. The molecule has 1 N–H and O–H groups in total. The Bertz CT molecular complexity index is 1330. The Balaban J connectivity index is 1.62. The molecule has 2 unspecified atom stereocenters. The standard InChI is InChI=1S/C32H35ClN2O5S/c1-4-16-34(27-20(3)10-9-13-23(27)33)30(38)28-32-15-14-24(41-32)25(31(39)40-17-5-2)26(32)29(37)35(28)22(19-36)18-21-11-7-6-8-12-21/h4-13,22,24-26,28,36H,1-2,14-19H2,3H3/t22-,24-,25+,26+,28?,32?/m1/s1. The molecular weight excluding hydrogens is 560 g/mol. The first kappa shape index (κ1) is 29.4. The van der Waals surface area contributed by atoms with Gasteiger partial charge in [-0.15, -0.1) is 18.3 Å². The fourth-order valence-electron chi connectivity index (χ4n) is 6.94. The Morgan fingerprint density at radius 1 is 1.22 bits per heavy atom. The Hall–Kier alpha value is -3.07. The molecule has 0 radical (unpaired) electrons. The van der Waals surface area contributed by atoms with Crippen LogP contribution in [0.3, 0.4) is 0 Å². The number of ether oxygens (including phenoxy) is 1. The van der Waals surface area contributed by atoms with E-state index < -0.39 is 34.6 Å². The van der Waals surface area contributed by atoms with E-state index in [4.69, 9.17) is 16.3 Å². The fraction of sp³-hybridized carbons (Fsp3) is 0.406. The van der Waals surface area contributed by atoms with E-state index in [-0.39, 0.29) is 36.8 Å². The highest BCUT2D eigenvalue weighted by Gasteiger charge is 2.74. The summed E-state index contributed by atoms with van der Waals surface area (Å²) in [6.45, 7) is 9.30. The summed E-state index contributed by atoms with van der Waals surface area (Å²) >= 11 is 8.21. The summed E-state index contributed by atoms with van der Waals surface area (Å²) in [7, 11) is 0. The number of amides is 2. The lowest BCUT2D eigenvalue weighted by Gasteiger charge is -2.40. The second kappa shape index (κ2) is 12.0. The van der Waals surface area contributed by atoms with Gasteiger partial charge in [0.15, 0.2) is 0 Å². The van der Waals surface area contributed by atoms with Crippen LogP contribution < -0.4 is 4.90 Å². The smallest absolute Gasteiger partial charge is 0.311 e. The molecule has 5 rings (SSSR count). The van der Waals surface area contributed by atoms with Crippen molar-refractivity contribution in [2.75, 3.05) is 24.7 Å². The number of esters is 1. The number of thioether (sulfide) groups is 1. The molecule has 2 bridgehead atoms. The fourth-order valence-corrected chi connectivity index (χ4v) is 9.45. The van der Waals surface area contributed by atoms with E-state index in [0.29, 0.717) is 30.0 Å². The number of anilines is 1. The minimum Gasteiger partial charge on any atom is -0.461 e.